The highest BCUT2D eigenvalue weighted by Gasteiger charge is 2.26. The van der Waals surface area contributed by atoms with E-state index in [1.54, 1.807) is 0 Å². The fourth-order valence-corrected chi connectivity index (χ4v) is 15.2. The molecule has 70 heavy (non-hydrogen) atoms. The predicted octanol–water partition coefficient (Wildman–Crippen LogP) is 19.7. The Morgan fingerprint density at radius 1 is 0.257 bits per heavy atom. The zero-order valence-corrected chi connectivity index (χ0v) is 40.6. The standard InChI is InChI=1S/C62H38N4S4/c1-5-17-39(18-6-1)63(40-19-7-2-8-20-40)59-37-53-61(69-59)49-35-52-50(36-51(49)65(53)43-29-31-57-47(33-43)45-25-13-15-27-55(45)67-57)62-54(66(52)44-30-32-58-48(34-44)46-26-14-16-28-56(46)68-58)38-60(70-62)64(41-21-9-3-10-22-41)42-23-11-4-12-24-42/h1-38H. The monoisotopic (exact) mass is 966 g/mol. The number of hydrogen-bond donors (Lipinski definition) is 0. The number of benzene rings is 9. The Balaban J connectivity index is 1.05. The number of aromatic nitrogens is 2. The zero-order valence-electron chi connectivity index (χ0n) is 37.4. The van der Waals surface area contributed by atoms with Crippen LogP contribution in [0.2, 0.25) is 0 Å². The van der Waals surface area contributed by atoms with Crippen LogP contribution >= 0.6 is 45.3 Å². The van der Waals surface area contributed by atoms with Crippen LogP contribution in [0.1, 0.15) is 0 Å². The Morgan fingerprint density at radius 2 is 0.600 bits per heavy atom. The molecule has 6 heterocycles. The number of thiophene rings is 4. The van der Waals surface area contributed by atoms with Gasteiger partial charge in [0.1, 0.15) is 10.0 Å². The molecule has 0 fully saturated rings. The highest BCUT2D eigenvalue weighted by atomic mass is 32.1. The Morgan fingerprint density at radius 3 is 0.986 bits per heavy atom. The maximum absolute atomic E-state index is 2.53. The summed E-state index contributed by atoms with van der Waals surface area (Å²) in [6.45, 7) is 0. The molecular weight excluding hydrogens is 929 g/mol. The number of rotatable bonds is 8. The third kappa shape index (κ3) is 6.17. The van der Waals surface area contributed by atoms with E-state index < -0.39 is 0 Å². The van der Waals surface area contributed by atoms with Crippen molar-refractivity contribution in [3.8, 4) is 11.4 Å². The topological polar surface area (TPSA) is 16.3 Å². The summed E-state index contributed by atoms with van der Waals surface area (Å²) in [5.41, 5.74) is 11.6. The lowest BCUT2D eigenvalue weighted by molar-refractivity contribution is 1.18. The van der Waals surface area contributed by atoms with Crippen LogP contribution in [-0.4, -0.2) is 9.13 Å². The summed E-state index contributed by atoms with van der Waals surface area (Å²) in [6, 6.07) is 84.7. The average Bonchev–Trinajstić information content (AvgIpc) is 4.28. The molecule has 0 saturated carbocycles. The smallest absolute Gasteiger partial charge is 0.103 e. The van der Waals surface area contributed by atoms with Crippen molar-refractivity contribution in [2.75, 3.05) is 9.80 Å². The van der Waals surface area contributed by atoms with Crippen LogP contribution in [0.3, 0.4) is 0 Å². The molecule has 0 spiro atoms. The first-order valence-corrected chi connectivity index (χ1v) is 26.7. The summed E-state index contributed by atoms with van der Waals surface area (Å²) in [6.07, 6.45) is 0. The Bertz CT molecular complexity index is 4110. The van der Waals surface area contributed by atoms with Crippen molar-refractivity contribution in [3.05, 3.63) is 231 Å². The lowest BCUT2D eigenvalue weighted by Crippen LogP contribution is -2.08. The first kappa shape index (κ1) is 40.0. The maximum Gasteiger partial charge on any atom is 0.103 e. The molecule has 8 heteroatoms. The largest absolute Gasteiger partial charge is 0.308 e. The molecule has 9 aromatic carbocycles. The van der Waals surface area contributed by atoms with Crippen LogP contribution in [-0.2, 0) is 0 Å². The highest BCUT2D eigenvalue weighted by molar-refractivity contribution is 7.26. The van der Waals surface area contributed by atoms with Gasteiger partial charge < -0.3 is 18.9 Å². The molecule has 0 radical (unpaired) electrons. The molecule has 0 unspecified atom stereocenters. The van der Waals surface area contributed by atoms with E-state index in [0.29, 0.717) is 0 Å². The molecule has 0 bridgehead atoms. The van der Waals surface area contributed by atoms with Gasteiger partial charge in [-0.05, 0) is 121 Å². The van der Waals surface area contributed by atoms with Gasteiger partial charge in [-0.25, -0.2) is 0 Å². The van der Waals surface area contributed by atoms with Crippen molar-refractivity contribution in [3.63, 3.8) is 0 Å². The van der Waals surface area contributed by atoms with Crippen molar-refractivity contribution in [2.24, 2.45) is 0 Å². The molecule has 0 N–H and O–H groups in total. The van der Waals surface area contributed by atoms with Crippen molar-refractivity contribution in [2.45, 2.75) is 0 Å². The second kappa shape index (κ2) is 15.8. The third-order valence-electron chi connectivity index (χ3n) is 13.7. The van der Waals surface area contributed by atoms with Crippen LogP contribution in [0.25, 0.3) is 94.0 Å². The van der Waals surface area contributed by atoms with E-state index in [0.717, 1.165) is 44.1 Å². The van der Waals surface area contributed by atoms with Gasteiger partial charge in [0.15, 0.2) is 0 Å². The van der Waals surface area contributed by atoms with Crippen molar-refractivity contribution in [1.29, 1.82) is 0 Å². The lowest BCUT2D eigenvalue weighted by atomic mass is 10.1. The molecule has 0 saturated heterocycles. The van der Waals surface area contributed by atoms with E-state index in [-0.39, 0.29) is 0 Å². The number of para-hydroxylation sites is 4. The van der Waals surface area contributed by atoms with Crippen LogP contribution in [0, 0.1) is 0 Å². The molecule has 0 atom stereocenters. The quantitative estimate of drug-likeness (QED) is 0.151. The van der Waals surface area contributed by atoms with E-state index in [9.17, 15) is 0 Å². The van der Waals surface area contributed by atoms with Gasteiger partial charge in [-0.2, -0.15) is 0 Å². The average molecular weight is 967 g/mol. The Hall–Kier alpha value is -7.98. The maximum atomic E-state index is 2.53. The minimum Gasteiger partial charge on any atom is -0.308 e. The molecule has 6 aromatic heterocycles. The first-order chi connectivity index (χ1) is 34.7. The predicted molar refractivity (Wildman–Crippen MR) is 306 cm³/mol. The van der Waals surface area contributed by atoms with Crippen molar-refractivity contribution in [1.82, 2.24) is 9.13 Å². The van der Waals surface area contributed by atoms with E-state index in [2.05, 4.69) is 249 Å². The van der Waals surface area contributed by atoms with E-state index in [1.807, 2.05) is 45.3 Å². The van der Waals surface area contributed by atoms with Crippen LogP contribution in [0.5, 0.6) is 0 Å². The fraction of sp³-hybridized carbons (Fsp3) is 0. The third-order valence-corrected chi connectivity index (χ3v) is 18.3. The summed E-state index contributed by atoms with van der Waals surface area (Å²) in [7, 11) is 0. The van der Waals surface area contributed by atoms with Crippen molar-refractivity contribution >= 4 is 161 Å². The summed E-state index contributed by atoms with van der Waals surface area (Å²) in [4.78, 5) is 4.81. The molecule has 0 amide bonds. The van der Waals surface area contributed by atoms with Crippen LogP contribution in [0.4, 0.5) is 32.8 Å². The van der Waals surface area contributed by atoms with Gasteiger partial charge in [0.2, 0.25) is 0 Å². The van der Waals surface area contributed by atoms with Gasteiger partial charge in [0, 0.05) is 85.2 Å². The van der Waals surface area contributed by atoms with Gasteiger partial charge in [-0.1, -0.05) is 109 Å². The molecular formula is C62H38N4S4. The molecule has 0 aliphatic rings. The molecule has 0 aliphatic heterocycles. The molecule has 15 aromatic rings. The normalized spacial score (nSPS) is 12.0. The van der Waals surface area contributed by atoms with Crippen LogP contribution in [0.15, 0.2) is 231 Å². The number of anilines is 6. The van der Waals surface area contributed by atoms with Crippen molar-refractivity contribution < 1.29 is 0 Å². The van der Waals surface area contributed by atoms with Gasteiger partial charge in [-0.3, -0.25) is 0 Å². The summed E-state index contributed by atoms with van der Waals surface area (Å²) in [5.74, 6) is 0. The molecule has 0 aliphatic carbocycles. The number of fused-ring (bicyclic) bond motifs is 12. The minimum absolute atomic E-state index is 1.13. The Labute approximate surface area is 418 Å². The SMILES string of the molecule is c1ccc(N(c2ccccc2)c2cc3c(s2)c2cc4c(cc2n3-c2ccc3sc5ccccc5c3c2)c2sc(N(c3ccccc3)c3ccccc3)cc2n4-c2ccc3sc4ccccc4c3c2)cc1. The van der Waals surface area contributed by atoms with Crippen LogP contribution < -0.4 is 9.80 Å². The first-order valence-electron chi connectivity index (χ1n) is 23.4. The van der Waals surface area contributed by atoms with E-state index in [1.165, 1.54) is 82.6 Å². The minimum atomic E-state index is 1.13. The van der Waals surface area contributed by atoms with Gasteiger partial charge in [0.25, 0.3) is 0 Å². The number of hydrogen-bond acceptors (Lipinski definition) is 6. The molecule has 4 nitrogen and oxygen atoms in total. The highest BCUT2D eigenvalue weighted by Crippen LogP contribution is 2.51. The second-order valence-corrected chi connectivity index (χ2v) is 22.0. The summed E-state index contributed by atoms with van der Waals surface area (Å²) < 4.78 is 12.8. The molecule has 15 rings (SSSR count). The van der Waals surface area contributed by atoms with E-state index >= 15 is 0 Å². The lowest BCUT2D eigenvalue weighted by Gasteiger charge is -2.23. The van der Waals surface area contributed by atoms with Gasteiger partial charge >= 0.3 is 0 Å². The number of nitrogens with zero attached hydrogens (tertiary/aromatic N) is 4. The summed E-state index contributed by atoms with van der Waals surface area (Å²) >= 11 is 7.47. The van der Waals surface area contributed by atoms with Gasteiger partial charge in [0.05, 0.1) is 31.5 Å². The van der Waals surface area contributed by atoms with E-state index in [4.69, 9.17) is 0 Å². The van der Waals surface area contributed by atoms with Gasteiger partial charge in [-0.15, -0.1) is 45.3 Å². The Kier molecular flexibility index (Phi) is 9.01. The zero-order chi connectivity index (χ0) is 45.9. The molecule has 330 valence electrons. The second-order valence-electron chi connectivity index (χ2n) is 17.7. The fourth-order valence-electron chi connectivity index (χ4n) is 10.6. The summed E-state index contributed by atoms with van der Waals surface area (Å²) in [5, 5.41) is 9.97.